The van der Waals surface area contributed by atoms with Gasteiger partial charge in [0.05, 0.1) is 4.90 Å². The molecule has 4 nitrogen and oxygen atoms in total. The van der Waals surface area contributed by atoms with Gasteiger partial charge >= 0.3 is 0 Å². The maximum Gasteiger partial charge on any atom is 0.240 e. The van der Waals surface area contributed by atoms with Crippen LogP contribution in [0, 0.1) is 11.7 Å². The van der Waals surface area contributed by atoms with Gasteiger partial charge in [-0.05, 0) is 43.5 Å². The summed E-state index contributed by atoms with van der Waals surface area (Å²) in [5.74, 6) is 0.0365. The molecule has 0 radical (unpaired) electrons. The average Bonchev–Trinajstić information content (AvgIpc) is 2.40. The van der Waals surface area contributed by atoms with E-state index in [1.54, 1.807) is 0 Å². The van der Waals surface area contributed by atoms with E-state index in [0.717, 1.165) is 19.4 Å². The minimum Gasteiger partial charge on any atom is -0.313 e. The molecule has 0 heterocycles. The summed E-state index contributed by atoms with van der Waals surface area (Å²) in [5, 5.41) is 3.07. The minimum absolute atomic E-state index is 0.112. The normalized spacial score (nSPS) is 12.0. The molecule has 0 amide bonds. The van der Waals surface area contributed by atoms with E-state index in [9.17, 15) is 12.8 Å². The molecule has 0 atom stereocenters. The first-order valence-corrected chi connectivity index (χ1v) is 8.84. The number of rotatable bonds is 9. The number of nitrogens with one attached hydrogen (secondary N) is 2. The zero-order valence-electron chi connectivity index (χ0n) is 12.9. The van der Waals surface area contributed by atoms with Crippen molar-refractivity contribution < 1.29 is 12.8 Å². The number of benzene rings is 1. The Kier molecular flexibility index (Phi) is 7.28. The van der Waals surface area contributed by atoms with Crippen LogP contribution in [0.25, 0.3) is 0 Å². The Hall–Kier alpha value is -0.980. The molecular formula is C15H25FN2O2S. The number of sulfonamides is 1. The van der Waals surface area contributed by atoms with E-state index in [4.69, 9.17) is 0 Å². The maximum atomic E-state index is 13.7. The summed E-state index contributed by atoms with van der Waals surface area (Å²) >= 11 is 0. The van der Waals surface area contributed by atoms with E-state index in [1.807, 2.05) is 20.8 Å². The van der Waals surface area contributed by atoms with Gasteiger partial charge in [-0.25, -0.2) is 17.5 Å². The van der Waals surface area contributed by atoms with Gasteiger partial charge < -0.3 is 5.32 Å². The fourth-order valence-electron chi connectivity index (χ4n) is 1.82. The molecule has 0 spiro atoms. The molecule has 0 aromatic heterocycles. The Morgan fingerprint density at radius 1 is 1.24 bits per heavy atom. The van der Waals surface area contributed by atoms with Crippen LogP contribution < -0.4 is 10.0 Å². The number of hydrogen-bond acceptors (Lipinski definition) is 3. The van der Waals surface area contributed by atoms with E-state index in [2.05, 4.69) is 10.0 Å². The van der Waals surface area contributed by atoms with Gasteiger partial charge in [-0.2, -0.15) is 0 Å². The lowest BCUT2D eigenvalue weighted by Gasteiger charge is -2.11. The van der Waals surface area contributed by atoms with Crippen molar-refractivity contribution in [1.82, 2.24) is 10.0 Å². The molecule has 0 unspecified atom stereocenters. The summed E-state index contributed by atoms with van der Waals surface area (Å²) in [5.41, 5.74) is 0.371. The Bertz CT molecular complexity index is 545. The SMILES string of the molecule is CCCNCc1cc(S(=O)(=O)NCCC(C)C)ccc1F. The molecule has 0 saturated heterocycles. The van der Waals surface area contributed by atoms with Crippen molar-refractivity contribution in [1.29, 1.82) is 0 Å². The highest BCUT2D eigenvalue weighted by molar-refractivity contribution is 7.89. The lowest BCUT2D eigenvalue weighted by molar-refractivity contribution is 0.550. The van der Waals surface area contributed by atoms with Gasteiger partial charge in [0.2, 0.25) is 10.0 Å². The van der Waals surface area contributed by atoms with Crippen molar-refractivity contribution in [3.63, 3.8) is 0 Å². The fourth-order valence-corrected chi connectivity index (χ4v) is 2.92. The van der Waals surface area contributed by atoms with Crippen LogP contribution in [0.15, 0.2) is 23.1 Å². The van der Waals surface area contributed by atoms with E-state index in [-0.39, 0.29) is 10.7 Å². The summed E-state index contributed by atoms with van der Waals surface area (Å²) in [7, 11) is -3.57. The van der Waals surface area contributed by atoms with Crippen molar-refractivity contribution in [3.8, 4) is 0 Å². The van der Waals surface area contributed by atoms with Gasteiger partial charge in [0, 0.05) is 18.7 Å². The van der Waals surface area contributed by atoms with E-state index in [1.165, 1.54) is 18.2 Å². The molecule has 1 rings (SSSR count). The molecule has 6 heteroatoms. The van der Waals surface area contributed by atoms with Crippen molar-refractivity contribution in [3.05, 3.63) is 29.6 Å². The molecular weight excluding hydrogens is 291 g/mol. The molecule has 120 valence electrons. The first-order valence-electron chi connectivity index (χ1n) is 7.35. The number of hydrogen-bond donors (Lipinski definition) is 2. The van der Waals surface area contributed by atoms with Crippen LogP contribution in [-0.4, -0.2) is 21.5 Å². The monoisotopic (exact) mass is 316 g/mol. The van der Waals surface area contributed by atoms with Crippen LogP contribution in [0.2, 0.25) is 0 Å². The van der Waals surface area contributed by atoms with Crippen LogP contribution in [0.4, 0.5) is 4.39 Å². The highest BCUT2D eigenvalue weighted by Crippen LogP contribution is 2.15. The highest BCUT2D eigenvalue weighted by atomic mass is 32.2. The standard InChI is InChI=1S/C15H25FN2O2S/c1-4-8-17-11-13-10-14(5-6-15(13)16)21(19,20)18-9-7-12(2)3/h5-6,10,12,17-18H,4,7-9,11H2,1-3H3. The third-order valence-corrected chi connectivity index (χ3v) is 4.54. The molecule has 0 aliphatic carbocycles. The van der Waals surface area contributed by atoms with Crippen LogP contribution in [0.1, 0.15) is 39.2 Å². The summed E-state index contributed by atoms with van der Waals surface area (Å²) < 4.78 is 40.5. The molecule has 0 saturated carbocycles. The molecule has 0 fully saturated rings. The third-order valence-electron chi connectivity index (χ3n) is 3.08. The summed E-state index contributed by atoms with van der Waals surface area (Å²) in [4.78, 5) is 0.112. The Balaban J connectivity index is 2.79. The van der Waals surface area contributed by atoms with Crippen molar-refractivity contribution >= 4 is 10.0 Å². The van der Waals surface area contributed by atoms with Gasteiger partial charge in [-0.1, -0.05) is 20.8 Å². The van der Waals surface area contributed by atoms with Crippen molar-refractivity contribution in [2.45, 2.75) is 45.1 Å². The van der Waals surface area contributed by atoms with Crippen LogP contribution >= 0.6 is 0 Å². The Morgan fingerprint density at radius 3 is 2.57 bits per heavy atom. The molecule has 0 aliphatic heterocycles. The zero-order chi connectivity index (χ0) is 15.9. The van der Waals surface area contributed by atoms with E-state index < -0.39 is 10.0 Å². The zero-order valence-corrected chi connectivity index (χ0v) is 13.8. The number of halogens is 1. The smallest absolute Gasteiger partial charge is 0.240 e. The topological polar surface area (TPSA) is 58.2 Å². The summed E-state index contributed by atoms with van der Waals surface area (Å²) in [6.07, 6.45) is 1.71. The predicted molar refractivity (Wildman–Crippen MR) is 83.0 cm³/mol. The van der Waals surface area contributed by atoms with Gasteiger partial charge in [0.15, 0.2) is 0 Å². The van der Waals surface area contributed by atoms with Gasteiger partial charge in [0.1, 0.15) is 5.82 Å². The second-order valence-corrected chi connectivity index (χ2v) is 7.28. The largest absolute Gasteiger partial charge is 0.313 e. The summed E-state index contributed by atoms with van der Waals surface area (Å²) in [6, 6.07) is 3.91. The lowest BCUT2D eigenvalue weighted by atomic mass is 10.1. The molecule has 2 N–H and O–H groups in total. The van der Waals surface area contributed by atoms with Gasteiger partial charge in [-0.15, -0.1) is 0 Å². The van der Waals surface area contributed by atoms with Crippen molar-refractivity contribution in [2.75, 3.05) is 13.1 Å². The highest BCUT2D eigenvalue weighted by Gasteiger charge is 2.15. The fraction of sp³-hybridized carbons (Fsp3) is 0.600. The quantitative estimate of drug-likeness (QED) is 0.689. The van der Waals surface area contributed by atoms with E-state index >= 15 is 0 Å². The van der Waals surface area contributed by atoms with E-state index in [0.29, 0.717) is 24.6 Å². The van der Waals surface area contributed by atoms with Gasteiger partial charge in [-0.3, -0.25) is 0 Å². The molecule has 1 aromatic carbocycles. The van der Waals surface area contributed by atoms with Gasteiger partial charge in [0.25, 0.3) is 0 Å². The molecule has 1 aromatic rings. The second-order valence-electron chi connectivity index (χ2n) is 5.51. The molecule has 0 bridgehead atoms. The molecule has 0 aliphatic rings. The van der Waals surface area contributed by atoms with Crippen LogP contribution in [-0.2, 0) is 16.6 Å². The lowest BCUT2D eigenvalue weighted by Crippen LogP contribution is -2.26. The third kappa shape index (κ3) is 6.11. The first kappa shape index (κ1) is 18.1. The average molecular weight is 316 g/mol. The minimum atomic E-state index is -3.57. The Morgan fingerprint density at radius 2 is 1.95 bits per heavy atom. The first-order chi connectivity index (χ1) is 9.86. The maximum absolute atomic E-state index is 13.7. The Labute approximate surface area is 127 Å². The van der Waals surface area contributed by atoms with Crippen LogP contribution in [0.3, 0.4) is 0 Å². The second kappa shape index (κ2) is 8.46. The predicted octanol–water partition coefficient (Wildman–Crippen LogP) is 2.65. The van der Waals surface area contributed by atoms with Crippen LogP contribution in [0.5, 0.6) is 0 Å². The van der Waals surface area contributed by atoms with Crippen molar-refractivity contribution in [2.24, 2.45) is 5.92 Å². The summed E-state index contributed by atoms with van der Waals surface area (Å²) in [6.45, 7) is 7.56. The molecule has 21 heavy (non-hydrogen) atoms.